The highest BCUT2D eigenvalue weighted by molar-refractivity contribution is 5.96. The molecule has 1 N–H and O–H groups in total. The third-order valence-electron chi connectivity index (χ3n) is 3.36. The van der Waals surface area contributed by atoms with Gasteiger partial charge in [-0.2, -0.15) is 13.2 Å². The average molecular weight is 317 g/mol. The quantitative estimate of drug-likeness (QED) is 0.926. The zero-order valence-electron chi connectivity index (χ0n) is 11.5. The van der Waals surface area contributed by atoms with Crippen LogP contribution in [0.5, 0.6) is 0 Å². The number of carbonyl (C=O) groups is 2. The number of aliphatic carboxylic acids is 1. The molecular formula is C14H14F3NO4. The van der Waals surface area contributed by atoms with Gasteiger partial charge in [0.15, 0.2) is 0 Å². The highest BCUT2D eigenvalue weighted by Gasteiger charge is 2.38. The van der Waals surface area contributed by atoms with Crippen molar-refractivity contribution < 1.29 is 32.6 Å². The molecule has 1 atom stereocenters. The molecule has 22 heavy (non-hydrogen) atoms. The molecule has 0 spiro atoms. The number of alkyl halides is 3. The Kier molecular flexibility index (Phi) is 4.70. The smallest absolute Gasteiger partial charge is 0.417 e. The molecular weight excluding hydrogens is 303 g/mol. The Hall–Kier alpha value is -2.09. The molecule has 0 radical (unpaired) electrons. The summed E-state index contributed by atoms with van der Waals surface area (Å²) in [4.78, 5) is 24.4. The molecule has 5 nitrogen and oxygen atoms in total. The molecule has 1 aromatic carbocycles. The number of carboxylic acid groups (broad SMARTS) is 1. The maximum absolute atomic E-state index is 13.0. The third-order valence-corrected chi connectivity index (χ3v) is 3.36. The topological polar surface area (TPSA) is 66.8 Å². The Morgan fingerprint density at radius 2 is 2.00 bits per heavy atom. The minimum atomic E-state index is -4.65. The lowest BCUT2D eigenvalue weighted by molar-refractivity contribution is -0.140. The van der Waals surface area contributed by atoms with Gasteiger partial charge in [0.05, 0.1) is 36.8 Å². The van der Waals surface area contributed by atoms with Crippen LogP contribution >= 0.6 is 0 Å². The van der Waals surface area contributed by atoms with Crippen molar-refractivity contribution in [3.8, 4) is 0 Å². The summed E-state index contributed by atoms with van der Waals surface area (Å²) >= 11 is 0. The van der Waals surface area contributed by atoms with Gasteiger partial charge in [0, 0.05) is 6.54 Å². The van der Waals surface area contributed by atoms with Gasteiger partial charge in [0.1, 0.15) is 0 Å². The highest BCUT2D eigenvalue weighted by Crippen LogP contribution is 2.32. The van der Waals surface area contributed by atoms with Crippen LogP contribution in [0.2, 0.25) is 0 Å². The van der Waals surface area contributed by atoms with E-state index in [1.165, 1.54) is 12.1 Å². The monoisotopic (exact) mass is 317 g/mol. The number of hydrogen-bond donors (Lipinski definition) is 1. The van der Waals surface area contributed by atoms with E-state index in [0.29, 0.717) is 0 Å². The van der Waals surface area contributed by atoms with Gasteiger partial charge < -0.3 is 14.7 Å². The van der Waals surface area contributed by atoms with E-state index in [-0.39, 0.29) is 26.2 Å². The Morgan fingerprint density at radius 1 is 1.32 bits per heavy atom. The number of halogens is 3. The molecule has 1 aromatic rings. The van der Waals surface area contributed by atoms with E-state index in [2.05, 4.69) is 0 Å². The first-order chi connectivity index (χ1) is 10.3. The number of carbonyl (C=O) groups excluding carboxylic acids is 1. The molecule has 0 aromatic heterocycles. The number of benzene rings is 1. The predicted molar refractivity (Wildman–Crippen MR) is 69.3 cm³/mol. The van der Waals surface area contributed by atoms with E-state index in [1.807, 2.05) is 0 Å². The van der Waals surface area contributed by atoms with E-state index < -0.39 is 35.2 Å². The zero-order chi connectivity index (χ0) is 16.3. The number of ether oxygens (including phenoxy) is 1. The second-order valence-electron chi connectivity index (χ2n) is 4.87. The summed E-state index contributed by atoms with van der Waals surface area (Å²) in [7, 11) is 0. The van der Waals surface area contributed by atoms with Crippen molar-refractivity contribution in [3.05, 3.63) is 35.4 Å². The fourth-order valence-corrected chi connectivity index (χ4v) is 2.36. The molecule has 0 saturated carbocycles. The van der Waals surface area contributed by atoms with Gasteiger partial charge in [-0.05, 0) is 12.1 Å². The van der Waals surface area contributed by atoms with Gasteiger partial charge in [0.2, 0.25) is 0 Å². The van der Waals surface area contributed by atoms with Crippen LogP contribution < -0.4 is 0 Å². The molecule has 0 bridgehead atoms. The van der Waals surface area contributed by atoms with Crippen molar-refractivity contribution in [2.45, 2.75) is 18.6 Å². The number of rotatable bonds is 3. The summed E-state index contributed by atoms with van der Waals surface area (Å²) < 4.78 is 44.1. The number of hydrogen-bond acceptors (Lipinski definition) is 3. The molecule has 8 heteroatoms. The summed E-state index contributed by atoms with van der Waals surface area (Å²) in [5, 5.41) is 8.85. The molecule has 0 aliphatic carbocycles. The first-order valence-corrected chi connectivity index (χ1v) is 6.57. The molecule has 1 amide bonds. The fourth-order valence-electron chi connectivity index (χ4n) is 2.36. The lowest BCUT2D eigenvalue weighted by atomic mass is 10.0. The van der Waals surface area contributed by atoms with Crippen LogP contribution in [-0.2, 0) is 15.7 Å². The summed E-state index contributed by atoms with van der Waals surface area (Å²) in [5.41, 5.74) is -1.51. The van der Waals surface area contributed by atoms with Gasteiger partial charge >= 0.3 is 12.1 Å². The van der Waals surface area contributed by atoms with Crippen molar-refractivity contribution >= 4 is 11.9 Å². The Labute approximate surface area is 124 Å². The lowest BCUT2D eigenvalue weighted by Crippen LogP contribution is -2.49. The summed E-state index contributed by atoms with van der Waals surface area (Å²) in [6.07, 6.45) is -5.03. The highest BCUT2D eigenvalue weighted by atomic mass is 19.4. The molecule has 0 unspecified atom stereocenters. The summed E-state index contributed by atoms with van der Waals surface area (Å²) in [6.45, 7) is 0.214. The van der Waals surface area contributed by atoms with Gasteiger partial charge in [-0.1, -0.05) is 12.1 Å². The molecule has 1 fully saturated rings. The van der Waals surface area contributed by atoms with Gasteiger partial charge in [0.25, 0.3) is 5.91 Å². The third kappa shape index (κ3) is 3.56. The van der Waals surface area contributed by atoms with Crippen LogP contribution in [0, 0.1) is 0 Å². The van der Waals surface area contributed by atoms with E-state index in [0.717, 1.165) is 17.0 Å². The maximum atomic E-state index is 13.0. The van der Waals surface area contributed by atoms with Gasteiger partial charge in [-0.25, -0.2) is 0 Å². The standard InChI is InChI=1S/C14H14F3NO4/c15-14(16,17)11-4-2-1-3-10(11)13(21)18-5-6-22-8-9(18)7-12(19)20/h1-4,9H,5-8H2,(H,19,20)/t9-/m0/s1. The first-order valence-electron chi connectivity index (χ1n) is 6.57. The van der Waals surface area contributed by atoms with Crippen LogP contribution in [0.25, 0.3) is 0 Å². The maximum Gasteiger partial charge on any atom is 0.417 e. The predicted octanol–water partition coefficient (Wildman–Crippen LogP) is 2.02. The molecule has 120 valence electrons. The van der Waals surface area contributed by atoms with Crippen LogP contribution in [0.1, 0.15) is 22.3 Å². The van der Waals surface area contributed by atoms with Crippen molar-refractivity contribution in [1.29, 1.82) is 0 Å². The zero-order valence-corrected chi connectivity index (χ0v) is 11.5. The van der Waals surface area contributed by atoms with E-state index in [4.69, 9.17) is 9.84 Å². The first kappa shape index (κ1) is 16.3. The summed E-state index contributed by atoms with van der Waals surface area (Å²) in [6, 6.07) is 3.70. The molecule has 1 saturated heterocycles. The molecule has 2 rings (SSSR count). The number of morpholine rings is 1. The largest absolute Gasteiger partial charge is 0.481 e. The second-order valence-corrected chi connectivity index (χ2v) is 4.87. The SMILES string of the molecule is O=C(O)C[C@H]1COCCN1C(=O)c1ccccc1C(F)(F)F. The van der Waals surface area contributed by atoms with Gasteiger partial charge in [-0.3, -0.25) is 9.59 Å². The Balaban J connectivity index is 2.32. The second kappa shape index (κ2) is 6.35. The molecule has 1 heterocycles. The summed E-state index contributed by atoms with van der Waals surface area (Å²) in [5.74, 6) is -1.97. The van der Waals surface area contributed by atoms with Crippen LogP contribution in [-0.4, -0.2) is 47.7 Å². The van der Waals surface area contributed by atoms with Crippen molar-refractivity contribution in [1.82, 2.24) is 4.90 Å². The normalized spacial score (nSPS) is 19.0. The van der Waals surface area contributed by atoms with Crippen LogP contribution in [0.4, 0.5) is 13.2 Å². The number of amides is 1. The average Bonchev–Trinajstić information content (AvgIpc) is 2.45. The van der Waals surface area contributed by atoms with Crippen molar-refractivity contribution in [3.63, 3.8) is 0 Å². The van der Waals surface area contributed by atoms with Crippen LogP contribution in [0.3, 0.4) is 0 Å². The fraction of sp³-hybridized carbons (Fsp3) is 0.429. The van der Waals surface area contributed by atoms with E-state index in [9.17, 15) is 22.8 Å². The lowest BCUT2D eigenvalue weighted by Gasteiger charge is -2.35. The number of carboxylic acids is 1. The molecule has 1 aliphatic heterocycles. The van der Waals surface area contributed by atoms with Crippen molar-refractivity contribution in [2.75, 3.05) is 19.8 Å². The minimum Gasteiger partial charge on any atom is -0.481 e. The van der Waals surface area contributed by atoms with Gasteiger partial charge in [-0.15, -0.1) is 0 Å². The van der Waals surface area contributed by atoms with Crippen LogP contribution in [0.15, 0.2) is 24.3 Å². The van der Waals surface area contributed by atoms with E-state index >= 15 is 0 Å². The van der Waals surface area contributed by atoms with E-state index in [1.54, 1.807) is 0 Å². The Morgan fingerprint density at radius 3 is 2.64 bits per heavy atom. The number of nitrogens with zero attached hydrogens (tertiary/aromatic N) is 1. The molecule has 1 aliphatic rings. The minimum absolute atomic E-state index is 0.00771. The Bertz CT molecular complexity index is 573. The van der Waals surface area contributed by atoms with Crippen molar-refractivity contribution in [2.24, 2.45) is 0 Å².